The molecule has 0 unspecified atom stereocenters. The molecule has 7 heteroatoms. The van der Waals surface area contributed by atoms with Gasteiger partial charge in [0, 0.05) is 19.8 Å². The van der Waals surface area contributed by atoms with Gasteiger partial charge in [0.2, 0.25) is 11.8 Å². The molecule has 0 radical (unpaired) electrons. The number of carbonyl (C=O) groups is 2. The summed E-state index contributed by atoms with van der Waals surface area (Å²) in [6.45, 7) is 0.316. The van der Waals surface area contributed by atoms with Crippen LogP contribution in [0.1, 0.15) is 11.7 Å². The van der Waals surface area contributed by atoms with Crippen LogP contribution >= 0.6 is 0 Å². The Labute approximate surface area is 128 Å². The van der Waals surface area contributed by atoms with Gasteiger partial charge in [0.1, 0.15) is 19.3 Å². The molecule has 2 rings (SSSR count). The molecule has 2 atom stereocenters. The Hall–Kier alpha value is -1.96. The van der Waals surface area contributed by atoms with E-state index in [0.717, 1.165) is 0 Å². The van der Waals surface area contributed by atoms with Crippen LogP contribution in [-0.4, -0.2) is 61.8 Å². The largest absolute Gasteiger partial charge is 0.386 e. The third-order valence-corrected chi connectivity index (χ3v) is 3.58. The maximum Gasteiger partial charge on any atom is 0.250 e. The fourth-order valence-electron chi connectivity index (χ4n) is 2.28. The number of benzene rings is 1. The topological polar surface area (TPSA) is 88.1 Å². The van der Waals surface area contributed by atoms with Crippen molar-refractivity contribution in [1.82, 2.24) is 4.90 Å². The number of likely N-dealkylation sites (N-methyl/N-ethyl adjacent to an activating group) is 1. The molecule has 2 amide bonds. The lowest BCUT2D eigenvalue weighted by Crippen LogP contribution is -2.49. The van der Waals surface area contributed by atoms with Gasteiger partial charge in [-0.05, 0) is 17.7 Å². The summed E-state index contributed by atoms with van der Waals surface area (Å²) < 4.78 is 9.92. The lowest BCUT2D eigenvalue weighted by atomic mass is 10.0. The van der Waals surface area contributed by atoms with Gasteiger partial charge < -0.3 is 24.8 Å². The molecule has 2 N–H and O–H groups in total. The number of rotatable bonds is 5. The zero-order chi connectivity index (χ0) is 16.1. The Bertz CT molecular complexity index is 531. The molecular weight excluding hydrogens is 288 g/mol. The SMILES string of the molecule is COCC(=O)Nc1ccc([C@@H](O)[C@H]2COCC(=O)N2C)cc1. The van der Waals surface area contributed by atoms with Gasteiger partial charge in [-0.2, -0.15) is 0 Å². The molecule has 0 aromatic heterocycles. The Morgan fingerprint density at radius 2 is 2.18 bits per heavy atom. The zero-order valence-corrected chi connectivity index (χ0v) is 12.6. The Morgan fingerprint density at radius 1 is 1.50 bits per heavy atom. The fraction of sp³-hybridized carbons (Fsp3) is 0.467. The van der Waals surface area contributed by atoms with E-state index in [-0.39, 0.29) is 31.6 Å². The molecule has 1 saturated heterocycles. The van der Waals surface area contributed by atoms with Crippen LogP contribution in [-0.2, 0) is 19.1 Å². The molecule has 22 heavy (non-hydrogen) atoms. The van der Waals surface area contributed by atoms with Crippen molar-refractivity contribution in [2.75, 3.05) is 39.3 Å². The van der Waals surface area contributed by atoms with Gasteiger partial charge in [0.15, 0.2) is 0 Å². The van der Waals surface area contributed by atoms with Crippen molar-refractivity contribution in [1.29, 1.82) is 0 Å². The average molecular weight is 308 g/mol. The molecule has 1 aromatic carbocycles. The number of aliphatic hydroxyl groups excluding tert-OH is 1. The molecule has 1 fully saturated rings. The molecule has 1 aliphatic rings. The van der Waals surface area contributed by atoms with Gasteiger partial charge in [-0.25, -0.2) is 0 Å². The van der Waals surface area contributed by atoms with E-state index in [1.807, 2.05) is 0 Å². The Balaban J connectivity index is 2.03. The number of hydrogen-bond acceptors (Lipinski definition) is 5. The van der Waals surface area contributed by atoms with E-state index in [9.17, 15) is 14.7 Å². The number of morpholine rings is 1. The molecule has 1 aliphatic heterocycles. The highest BCUT2D eigenvalue weighted by atomic mass is 16.5. The number of nitrogens with one attached hydrogen (secondary N) is 1. The predicted octanol–water partition coefficient (Wildman–Crippen LogP) is 0.162. The first-order valence-corrected chi connectivity index (χ1v) is 6.93. The number of methoxy groups -OCH3 is 1. The van der Waals surface area contributed by atoms with Crippen molar-refractivity contribution >= 4 is 17.5 Å². The normalized spacial score (nSPS) is 19.9. The molecule has 1 aromatic rings. The van der Waals surface area contributed by atoms with E-state index in [1.165, 1.54) is 12.0 Å². The zero-order valence-electron chi connectivity index (χ0n) is 12.6. The van der Waals surface area contributed by atoms with Gasteiger partial charge in [-0.3, -0.25) is 9.59 Å². The van der Waals surface area contributed by atoms with Crippen LogP contribution in [0.4, 0.5) is 5.69 Å². The summed E-state index contributed by atoms with van der Waals surface area (Å²) in [4.78, 5) is 24.5. The maximum atomic E-state index is 11.6. The van der Waals surface area contributed by atoms with Gasteiger partial charge in [-0.15, -0.1) is 0 Å². The summed E-state index contributed by atoms with van der Waals surface area (Å²) in [5.41, 5.74) is 1.27. The second-order valence-corrected chi connectivity index (χ2v) is 5.14. The van der Waals surface area contributed by atoms with Crippen molar-refractivity contribution in [3.63, 3.8) is 0 Å². The minimum absolute atomic E-state index is 0.0172. The second-order valence-electron chi connectivity index (χ2n) is 5.14. The molecular formula is C15H20N2O5. The third-order valence-electron chi connectivity index (χ3n) is 3.58. The van der Waals surface area contributed by atoms with Crippen LogP contribution < -0.4 is 5.32 Å². The van der Waals surface area contributed by atoms with Crippen molar-refractivity contribution in [3.05, 3.63) is 29.8 Å². The van der Waals surface area contributed by atoms with Crippen molar-refractivity contribution < 1.29 is 24.2 Å². The first-order chi connectivity index (χ1) is 10.5. The quantitative estimate of drug-likeness (QED) is 0.809. The number of amides is 2. The minimum Gasteiger partial charge on any atom is -0.386 e. The van der Waals surface area contributed by atoms with Crippen LogP contribution in [0.3, 0.4) is 0 Å². The van der Waals surface area contributed by atoms with Crippen LogP contribution in [0.15, 0.2) is 24.3 Å². The maximum absolute atomic E-state index is 11.6. The monoisotopic (exact) mass is 308 g/mol. The highest BCUT2D eigenvalue weighted by Gasteiger charge is 2.31. The van der Waals surface area contributed by atoms with E-state index >= 15 is 0 Å². The molecule has 0 bridgehead atoms. The fourth-order valence-corrected chi connectivity index (χ4v) is 2.28. The number of hydrogen-bond donors (Lipinski definition) is 2. The number of carbonyl (C=O) groups excluding carboxylic acids is 2. The third kappa shape index (κ3) is 3.82. The van der Waals surface area contributed by atoms with E-state index in [2.05, 4.69) is 5.32 Å². The predicted molar refractivity (Wildman–Crippen MR) is 79.3 cm³/mol. The van der Waals surface area contributed by atoms with Crippen molar-refractivity contribution in [2.24, 2.45) is 0 Å². The smallest absolute Gasteiger partial charge is 0.250 e. The average Bonchev–Trinajstić information content (AvgIpc) is 2.50. The van der Waals surface area contributed by atoms with Crippen molar-refractivity contribution in [3.8, 4) is 0 Å². The molecule has 0 spiro atoms. The molecule has 0 aliphatic carbocycles. The molecule has 7 nitrogen and oxygen atoms in total. The first kappa shape index (κ1) is 16.4. The van der Waals surface area contributed by atoms with Gasteiger partial charge in [0.05, 0.1) is 12.6 Å². The summed E-state index contributed by atoms with van der Waals surface area (Å²) in [6, 6.07) is 6.38. The molecule has 0 saturated carbocycles. The standard InChI is InChI=1S/C15H20N2O5/c1-17-12(7-22-9-14(17)19)15(20)10-3-5-11(6-4-10)16-13(18)8-21-2/h3-6,12,15,20H,7-9H2,1-2H3,(H,16,18)/t12-,15-/m1/s1. The summed E-state index contributed by atoms with van der Waals surface area (Å²) >= 11 is 0. The number of ether oxygens (including phenoxy) is 2. The molecule has 1 heterocycles. The van der Waals surface area contributed by atoms with Crippen LogP contribution in [0.25, 0.3) is 0 Å². The number of aliphatic hydroxyl groups is 1. The van der Waals surface area contributed by atoms with Crippen molar-refractivity contribution in [2.45, 2.75) is 12.1 Å². The summed E-state index contributed by atoms with van der Waals surface area (Å²) in [5, 5.41) is 13.1. The van der Waals surface area contributed by atoms with Crippen LogP contribution in [0, 0.1) is 0 Å². The lowest BCUT2D eigenvalue weighted by molar-refractivity contribution is -0.151. The van der Waals surface area contributed by atoms with E-state index < -0.39 is 12.1 Å². The second kappa shape index (κ2) is 7.35. The Morgan fingerprint density at radius 3 is 2.82 bits per heavy atom. The summed E-state index contributed by atoms with van der Waals surface area (Å²) in [7, 11) is 3.10. The van der Waals surface area contributed by atoms with E-state index in [0.29, 0.717) is 11.3 Å². The van der Waals surface area contributed by atoms with E-state index in [1.54, 1.807) is 31.3 Å². The van der Waals surface area contributed by atoms with Crippen LogP contribution in [0.2, 0.25) is 0 Å². The van der Waals surface area contributed by atoms with Gasteiger partial charge >= 0.3 is 0 Å². The van der Waals surface area contributed by atoms with Gasteiger partial charge in [0.25, 0.3) is 0 Å². The molecule has 120 valence electrons. The number of anilines is 1. The minimum atomic E-state index is -0.849. The number of nitrogens with zero attached hydrogens (tertiary/aromatic N) is 1. The highest BCUT2D eigenvalue weighted by molar-refractivity contribution is 5.91. The lowest BCUT2D eigenvalue weighted by Gasteiger charge is -2.35. The summed E-state index contributed by atoms with van der Waals surface area (Å²) in [5.74, 6) is -0.402. The highest BCUT2D eigenvalue weighted by Crippen LogP contribution is 2.24. The first-order valence-electron chi connectivity index (χ1n) is 6.93. The van der Waals surface area contributed by atoms with Crippen LogP contribution in [0.5, 0.6) is 0 Å². The van der Waals surface area contributed by atoms with E-state index in [4.69, 9.17) is 9.47 Å². The summed E-state index contributed by atoms with van der Waals surface area (Å²) in [6.07, 6.45) is -0.849. The Kier molecular flexibility index (Phi) is 5.48. The van der Waals surface area contributed by atoms with Gasteiger partial charge in [-0.1, -0.05) is 12.1 Å².